The van der Waals surface area contributed by atoms with Gasteiger partial charge in [-0.15, -0.1) is 0 Å². The topological polar surface area (TPSA) is 69.8 Å². The van der Waals surface area contributed by atoms with Crippen molar-refractivity contribution < 1.29 is 4.79 Å². The van der Waals surface area contributed by atoms with Crippen molar-refractivity contribution in [2.75, 3.05) is 5.32 Å². The molecule has 0 aliphatic heterocycles. The fourth-order valence-corrected chi connectivity index (χ4v) is 3.73. The SMILES string of the molecule is O=C(NC(=S)Nc1cc(-c2nc3ccccc3[nH]2)ccc1Cl)c1cccc(I)c1. The number of carbonyl (C=O) groups is 1. The average molecular weight is 533 g/mol. The number of para-hydroxylation sites is 2. The molecule has 0 saturated heterocycles. The minimum atomic E-state index is -0.287. The summed E-state index contributed by atoms with van der Waals surface area (Å²) in [6.07, 6.45) is 0. The first-order valence-electron chi connectivity index (χ1n) is 8.62. The summed E-state index contributed by atoms with van der Waals surface area (Å²) in [5, 5.41) is 6.32. The van der Waals surface area contributed by atoms with Crippen LogP contribution in [-0.4, -0.2) is 21.0 Å². The number of fused-ring (bicyclic) bond motifs is 1. The first-order chi connectivity index (χ1) is 14.0. The molecule has 3 N–H and O–H groups in total. The van der Waals surface area contributed by atoms with Gasteiger partial charge in [0.15, 0.2) is 5.11 Å². The lowest BCUT2D eigenvalue weighted by Gasteiger charge is -2.12. The van der Waals surface area contributed by atoms with E-state index in [2.05, 4.69) is 43.2 Å². The number of anilines is 1. The normalized spacial score (nSPS) is 10.7. The standard InChI is InChI=1S/C21H14ClIN4OS/c22-15-9-8-12(19-24-16-6-1-2-7-17(16)25-19)11-18(15)26-21(29)27-20(28)13-4-3-5-14(23)10-13/h1-11H,(H,24,25)(H2,26,27,28,29). The minimum Gasteiger partial charge on any atom is -0.338 e. The van der Waals surface area contributed by atoms with Gasteiger partial charge in [-0.25, -0.2) is 4.98 Å². The largest absolute Gasteiger partial charge is 0.338 e. The van der Waals surface area contributed by atoms with E-state index in [1.54, 1.807) is 18.2 Å². The Morgan fingerprint density at radius 1 is 1.07 bits per heavy atom. The third-order valence-corrected chi connectivity index (χ3v) is 5.40. The number of nitrogens with one attached hydrogen (secondary N) is 3. The molecule has 0 atom stereocenters. The summed E-state index contributed by atoms with van der Waals surface area (Å²) < 4.78 is 0.968. The molecule has 0 saturated carbocycles. The van der Waals surface area contributed by atoms with Crippen molar-refractivity contribution in [3.63, 3.8) is 0 Å². The van der Waals surface area contributed by atoms with Gasteiger partial charge < -0.3 is 10.3 Å². The Morgan fingerprint density at radius 2 is 1.90 bits per heavy atom. The van der Waals surface area contributed by atoms with Crippen LogP contribution in [0.5, 0.6) is 0 Å². The Kier molecular flexibility index (Phi) is 5.79. The quantitative estimate of drug-likeness (QED) is 0.237. The van der Waals surface area contributed by atoms with Crippen molar-refractivity contribution in [3.05, 3.63) is 80.9 Å². The Morgan fingerprint density at radius 3 is 2.69 bits per heavy atom. The third kappa shape index (κ3) is 4.58. The second-order valence-electron chi connectivity index (χ2n) is 6.22. The number of aromatic amines is 1. The number of benzene rings is 3. The third-order valence-electron chi connectivity index (χ3n) is 4.19. The van der Waals surface area contributed by atoms with E-state index in [9.17, 15) is 4.79 Å². The van der Waals surface area contributed by atoms with Crippen LogP contribution >= 0.6 is 46.4 Å². The molecule has 1 aromatic heterocycles. The van der Waals surface area contributed by atoms with E-state index in [4.69, 9.17) is 23.8 Å². The summed E-state index contributed by atoms with van der Waals surface area (Å²) in [6.45, 7) is 0. The molecule has 29 heavy (non-hydrogen) atoms. The summed E-state index contributed by atoms with van der Waals surface area (Å²) in [5.74, 6) is 0.435. The monoisotopic (exact) mass is 532 g/mol. The van der Waals surface area contributed by atoms with Crippen LogP contribution in [0, 0.1) is 3.57 Å². The first kappa shape index (κ1) is 19.8. The number of carbonyl (C=O) groups excluding carboxylic acids is 1. The molecule has 0 fully saturated rings. The highest BCUT2D eigenvalue weighted by Gasteiger charge is 2.12. The van der Waals surface area contributed by atoms with Crippen LogP contribution in [-0.2, 0) is 0 Å². The number of aromatic nitrogens is 2. The maximum absolute atomic E-state index is 12.4. The van der Waals surface area contributed by atoms with E-state index < -0.39 is 0 Å². The molecule has 0 radical (unpaired) electrons. The van der Waals surface area contributed by atoms with Gasteiger partial charge >= 0.3 is 0 Å². The van der Waals surface area contributed by atoms with Crippen LogP contribution < -0.4 is 10.6 Å². The van der Waals surface area contributed by atoms with Gasteiger partial charge in [-0.2, -0.15) is 0 Å². The minimum absolute atomic E-state index is 0.164. The van der Waals surface area contributed by atoms with Crippen LogP contribution in [0.2, 0.25) is 5.02 Å². The number of halogens is 2. The fraction of sp³-hybridized carbons (Fsp3) is 0. The van der Waals surface area contributed by atoms with Crippen LogP contribution in [0.15, 0.2) is 66.7 Å². The van der Waals surface area contributed by atoms with Gasteiger partial charge in [0.1, 0.15) is 5.82 Å². The number of nitrogens with zero attached hydrogens (tertiary/aromatic N) is 1. The van der Waals surface area contributed by atoms with Crippen LogP contribution in [0.25, 0.3) is 22.4 Å². The number of amides is 1. The maximum atomic E-state index is 12.4. The molecule has 0 spiro atoms. The van der Waals surface area contributed by atoms with Crippen molar-refractivity contribution >= 4 is 74.2 Å². The summed E-state index contributed by atoms with van der Waals surface area (Å²) in [5.41, 5.74) is 3.79. The van der Waals surface area contributed by atoms with E-state index in [1.807, 2.05) is 48.5 Å². The molecule has 0 aliphatic carbocycles. The molecule has 0 aliphatic rings. The van der Waals surface area contributed by atoms with E-state index in [0.29, 0.717) is 16.3 Å². The molecule has 144 valence electrons. The fourth-order valence-electron chi connectivity index (χ4n) is 2.82. The first-order valence-corrected chi connectivity index (χ1v) is 10.5. The Hall–Kier alpha value is -2.49. The van der Waals surface area contributed by atoms with Crippen molar-refractivity contribution in [1.82, 2.24) is 15.3 Å². The van der Waals surface area contributed by atoms with E-state index in [0.717, 1.165) is 26.0 Å². The predicted molar refractivity (Wildman–Crippen MR) is 129 cm³/mol. The molecular formula is C21H14ClIN4OS. The summed E-state index contributed by atoms with van der Waals surface area (Å²) in [6, 6.07) is 20.5. The zero-order valence-corrected chi connectivity index (χ0v) is 18.6. The van der Waals surface area contributed by atoms with Crippen molar-refractivity contribution in [3.8, 4) is 11.4 Å². The number of hydrogen-bond donors (Lipinski definition) is 3. The molecule has 1 amide bonds. The Bertz CT molecular complexity index is 1210. The molecule has 5 nitrogen and oxygen atoms in total. The predicted octanol–water partition coefficient (Wildman–Crippen LogP) is 5.61. The summed E-state index contributed by atoms with van der Waals surface area (Å²) >= 11 is 13.8. The van der Waals surface area contributed by atoms with Gasteiger partial charge in [0, 0.05) is 14.7 Å². The van der Waals surface area contributed by atoms with Gasteiger partial charge in [-0.05, 0) is 83.3 Å². The second-order valence-corrected chi connectivity index (χ2v) is 8.28. The van der Waals surface area contributed by atoms with Crippen molar-refractivity contribution in [2.45, 2.75) is 0 Å². The zero-order valence-electron chi connectivity index (χ0n) is 14.9. The van der Waals surface area contributed by atoms with Gasteiger partial charge in [-0.3, -0.25) is 10.1 Å². The zero-order chi connectivity index (χ0) is 20.4. The van der Waals surface area contributed by atoms with Crippen LogP contribution in [0.1, 0.15) is 10.4 Å². The highest BCUT2D eigenvalue weighted by molar-refractivity contribution is 14.1. The summed E-state index contributed by atoms with van der Waals surface area (Å²) in [4.78, 5) is 20.3. The lowest BCUT2D eigenvalue weighted by Crippen LogP contribution is -2.34. The van der Waals surface area contributed by atoms with Gasteiger partial charge in [0.25, 0.3) is 5.91 Å². The molecule has 0 bridgehead atoms. The van der Waals surface area contributed by atoms with Crippen molar-refractivity contribution in [2.24, 2.45) is 0 Å². The van der Waals surface area contributed by atoms with E-state index in [-0.39, 0.29) is 11.0 Å². The molecule has 1 heterocycles. The smallest absolute Gasteiger partial charge is 0.257 e. The maximum Gasteiger partial charge on any atom is 0.257 e. The lowest BCUT2D eigenvalue weighted by atomic mass is 10.2. The van der Waals surface area contributed by atoms with Crippen LogP contribution in [0.3, 0.4) is 0 Å². The number of imidazole rings is 1. The average Bonchev–Trinajstić information content (AvgIpc) is 3.14. The highest BCUT2D eigenvalue weighted by atomic mass is 127. The van der Waals surface area contributed by atoms with Gasteiger partial charge in [0.2, 0.25) is 0 Å². The molecule has 8 heteroatoms. The van der Waals surface area contributed by atoms with Crippen LogP contribution in [0.4, 0.5) is 5.69 Å². The molecule has 4 rings (SSSR count). The Balaban J connectivity index is 1.53. The second kappa shape index (κ2) is 8.48. The molecule has 4 aromatic rings. The van der Waals surface area contributed by atoms with Crippen molar-refractivity contribution in [1.29, 1.82) is 0 Å². The number of hydrogen-bond acceptors (Lipinski definition) is 3. The summed E-state index contributed by atoms with van der Waals surface area (Å²) in [7, 11) is 0. The number of thiocarbonyl (C=S) groups is 1. The lowest BCUT2D eigenvalue weighted by molar-refractivity contribution is 0.0977. The number of H-pyrrole nitrogens is 1. The molecule has 0 unspecified atom stereocenters. The van der Waals surface area contributed by atoms with E-state index >= 15 is 0 Å². The molecule has 3 aromatic carbocycles. The molecular weight excluding hydrogens is 519 g/mol. The van der Waals surface area contributed by atoms with Gasteiger partial charge in [0.05, 0.1) is 21.7 Å². The highest BCUT2D eigenvalue weighted by Crippen LogP contribution is 2.28. The van der Waals surface area contributed by atoms with Gasteiger partial charge in [-0.1, -0.05) is 29.8 Å². The van der Waals surface area contributed by atoms with E-state index in [1.165, 1.54) is 0 Å². The number of rotatable bonds is 3. The Labute approximate surface area is 191 Å².